The Kier molecular flexibility index (Phi) is 5.59. The van der Waals surface area contributed by atoms with Gasteiger partial charge in [0.1, 0.15) is 5.75 Å². The molecule has 1 aliphatic heterocycles. The smallest absolute Gasteiger partial charge is 0.319 e. The fourth-order valence-electron chi connectivity index (χ4n) is 2.76. The van der Waals surface area contributed by atoms with Crippen LogP contribution in [0.4, 0.5) is 0 Å². The van der Waals surface area contributed by atoms with Crippen molar-refractivity contribution >= 4 is 5.97 Å². The minimum absolute atomic E-state index is 0.166. The van der Waals surface area contributed by atoms with E-state index in [9.17, 15) is 4.79 Å². The number of nitrogens with zero attached hydrogens (tertiary/aromatic N) is 2. The first-order valence-electron chi connectivity index (χ1n) is 7.32. The minimum Gasteiger partial charge on any atom is -0.496 e. The van der Waals surface area contributed by atoms with E-state index in [1.165, 1.54) is 12.7 Å². The first kappa shape index (κ1) is 15.8. The van der Waals surface area contributed by atoms with Crippen LogP contribution in [-0.2, 0) is 9.53 Å². The Morgan fingerprint density at radius 1 is 1.19 bits per heavy atom. The molecule has 1 atom stereocenters. The van der Waals surface area contributed by atoms with Crippen molar-refractivity contribution < 1.29 is 14.3 Å². The molecular formula is C16H24N2O3. The fraction of sp³-hybridized carbons (Fsp3) is 0.562. The highest BCUT2D eigenvalue weighted by atomic mass is 16.5. The zero-order chi connectivity index (χ0) is 15.2. The van der Waals surface area contributed by atoms with Crippen LogP contribution in [0.3, 0.4) is 0 Å². The molecule has 1 aromatic rings. The predicted molar refractivity (Wildman–Crippen MR) is 81.4 cm³/mol. The molecule has 5 nitrogen and oxygen atoms in total. The second kappa shape index (κ2) is 7.43. The lowest BCUT2D eigenvalue weighted by Gasteiger charge is -2.38. The van der Waals surface area contributed by atoms with E-state index in [2.05, 4.69) is 22.8 Å². The second-order valence-electron chi connectivity index (χ2n) is 5.31. The number of esters is 1. The molecule has 1 aliphatic rings. The molecule has 0 saturated carbocycles. The van der Waals surface area contributed by atoms with Crippen LogP contribution < -0.4 is 4.74 Å². The minimum atomic E-state index is -0.166. The molecule has 1 heterocycles. The van der Waals surface area contributed by atoms with Gasteiger partial charge in [0.15, 0.2) is 0 Å². The lowest BCUT2D eigenvalue weighted by atomic mass is 10.0. The first-order valence-corrected chi connectivity index (χ1v) is 7.32. The third kappa shape index (κ3) is 3.95. The van der Waals surface area contributed by atoms with Gasteiger partial charge in [0.25, 0.3) is 0 Å². The normalized spacial score (nSPS) is 18.2. The van der Waals surface area contributed by atoms with Gasteiger partial charge in [-0.05, 0) is 13.0 Å². The highest BCUT2D eigenvalue weighted by Crippen LogP contribution is 2.29. The number of carbonyl (C=O) groups is 1. The van der Waals surface area contributed by atoms with Crippen molar-refractivity contribution in [1.29, 1.82) is 0 Å². The zero-order valence-electron chi connectivity index (χ0n) is 13.0. The van der Waals surface area contributed by atoms with Crippen molar-refractivity contribution in [1.82, 2.24) is 9.80 Å². The molecule has 1 unspecified atom stereocenters. The third-order valence-electron chi connectivity index (χ3n) is 4.12. The largest absolute Gasteiger partial charge is 0.496 e. The van der Waals surface area contributed by atoms with Gasteiger partial charge in [0.2, 0.25) is 0 Å². The number of hydrogen-bond acceptors (Lipinski definition) is 5. The van der Waals surface area contributed by atoms with Gasteiger partial charge in [-0.15, -0.1) is 0 Å². The highest BCUT2D eigenvalue weighted by Gasteiger charge is 2.24. The Labute approximate surface area is 126 Å². The van der Waals surface area contributed by atoms with Crippen LogP contribution in [0.25, 0.3) is 0 Å². The van der Waals surface area contributed by atoms with Gasteiger partial charge in [-0.1, -0.05) is 18.2 Å². The zero-order valence-corrected chi connectivity index (χ0v) is 13.0. The Balaban J connectivity index is 1.94. The summed E-state index contributed by atoms with van der Waals surface area (Å²) in [5.74, 6) is 0.767. The molecule has 21 heavy (non-hydrogen) atoms. The summed E-state index contributed by atoms with van der Waals surface area (Å²) in [6, 6.07) is 8.45. The molecule has 0 aromatic heterocycles. The molecular weight excluding hydrogens is 268 g/mol. The van der Waals surface area contributed by atoms with Crippen molar-refractivity contribution in [3.63, 3.8) is 0 Å². The van der Waals surface area contributed by atoms with Gasteiger partial charge in [0.05, 0.1) is 20.8 Å². The van der Waals surface area contributed by atoms with E-state index in [1.54, 1.807) is 7.11 Å². The Morgan fingerprint density at radius 2 is 1.86 bits per heavy atom. The number of methoxy groups -OCH3 is 2. The molecule has 0 radical (unpaired) electrons. The first-order chi connectivity index (χ1) is 10.2. The number of hydrogen-bond donors (Lipinski definition) is 0. The molecule has 1 fully saturated rings. The number of ether oxygens (including phenoxy) is 2. The topological polar surface area (TPSA) is 42.0 Å². The highest BCUT2D eigenvalue weighted by molar-refractivity contribution is 5.71. The number of para-hydroxylation sites is 1. The molecule has 0 spiro atoms. The van der Waals surface area contributed by atoms with Gasteiger partial charge >= 0.3 is 5.97 Å². The van der Waals surface area contributed by atoms with Crippen molar-refractivity contribution in [2.24, 2.45) is 0 Å². The molecule has 1 aromatic carbocycles. The van der Waals surface area contributed by atoms with E-state index in [4.69, 9.17) is 9.47 Å². The van der Waals surface area contributed by atoms with Gasteiger partial charge < -0.3 is 9.47 Å². The van der Waals surface area contributed by atoms with Crippen LogP contribution >= 0.6 is 0 Å². The summed E-state index contributed by atoms with van der Waals surface area (Å²) in [7, 11) is 3.14. The quantitative estimate of drug-likeness (QED) is 0.770. The van der Waals surface area contributed by atoms with Crippen molar-refractivity contribution in [3.8, 4) is 5.75 Å². The SMILES string of the molecule is COC(=O)CN1CCN(C(C)c2ccccc2OC)CC1. The van der Waals surface area contributed by atoms with Gasteiger partial charge in [-0.3, -0.25) is 14.6 Å². The van der Waals surface area contributed by atoms with Crippen molar-refractivity contribution in [2.75, 3.05) is 46.9 Å². The monoisotopic (exact) mass is 292 g/mol. The van der Waals surface area contributed by atoms with E-state index in [0.717, 1.165) is 31.9 Å². The van der Waals surface area contributed by atoms with E-state index >= 15 is 0 Å². The van der Waals surface area contributed by atoms with Crippen LogP contribution in [0.1, 0.15) is 18.5 Å². The van der Waals surface area contributed by atoms with Gasteiger partial charge in [0, 0.05) is 37.8 Å². The van der Waals surface area contributed by atoms with E-state index in [0.29, 0.717) is 12.6 Å². The molecule has 0 aliphatic carbocycles. The molecule has 116 valence electrons. The number of rotatable bonds is 5. The van der Waals surface area contributed by atoms with Crippen LogP contribution in [0.5, 0.6) is 5.75 Å². The summed E-state index contributed by atoms with van der Waals surface area (Å²) in [5.41, 5.74) is 1.21. The lowest BCUT2D eigenvalue weighted by Crippen LogP contribution is -2.48. The molecule has 1 saturated heterocycles. The molecule has 0 bridgehead atoms. The number of piperazine rings is 1. The maximum atomic E-state index is 11.3. The molecule has 2 rings (SSSR count). The number of carbonyl (C=O) groups excluding carboxylic acids is 1. The van der Waals surface area contributed by atoms with E-state index in [-0.39, 0.29) is 5.97 Å². The fourth-order valence-corrected chi connectivity index (χ4v) is 2.76. The Hall–Kier alpha value is -1.59. The summed E-state index contributed by atoms with van der Waals surface area (Å²) >= 11 is 0. The predicted octanol–water partition coefficient (Wildman–Crippen LogP) is 1.55. The van der Waals surface area contributed by atoms with Crippen molar-refractivity contribution in [2.45, 2.75) is 13.0 Å². The van der Waals surface area contributed by atoms with Crippen LogP contribution in [0.15, 0.2) is 24.3 Å². The van der Waals surface area contributed by atoms with Crippen LogP contribution in [-0.4, -0.2) is 62.7 Å². The summed E-state index contributed by atoms with van der Waals surface area (Å²) in [6.07, 6.45) is 0. The second-order valence-corrected chi connectivity index (χ2v) is 5.31. The Morgan fingerprint density at radius 3 is 2.48 bits per heavy atom. The maximum absolute atomic E-state index is 11.3. The lowest BCUT2D eigenvalue weighted by molar-refractivity contribution is -0.142. The van der Waals surface area contributed by atoms with Crippen LogP contribution in [0.2, 0.25) is 0 Å². The van der Waals surface area contributed by atoms with E-state index in [1.807, 2.05) is 18.2 Å². The summed E-state index contributed by atoms with van der Waals surface area (Å²) in [6.45, 7) is 6.23. The summed E-state index contributed by atoms with van der Waals surface area (Å²) in [5, 5.41) is 0. The molecule has 0 N–H and O–H groups in total. The summed E-state index contributed by atoms with van der Waals surface area (Å²) < 4.78 is 10.2. The van der Waals surface area contributed by atoms with Gasteiger partial charge in [-0.2, -0.15) is 0 Å². The summed E-state index contributed by atoms with van der Waals surface area (Å²) in [4.78, 5) is 15.9. The third-order valence-corrected chi connectivity index (χ3v) is 4.12. The van der Waals surface area contributed by atoms with E-state index < -0.39 is 0 Å². The average molecular weight is 292 g/mol. The molecule has 5 heteroatoms. The molecule has 0 amide bonds. The van der Waals surface area contributed by atoms with Crippen molar-refractivity contribution in [3.05, 3.63) is 29.8 Å². The Bertz CT molecular complexity index is 470. The number of benzene rings is 1. The van der Waals surface area contributed by atoms with Crippen LogP contribution in [0, 0.1) is 0 Å². The van der Waals surface area contributed by atoms with Gasteiger partial charge in [-0.25, -0.2) is 0 Å². The standard InChI is InChI=1S/C16H24N2O3/c1-13(14-6-4-5-7-15(14)20-2)18-10-8-17(9-11-18)12-16(19)21-3/h4-7,13H,8-12H2,1-3H3. The maximum Gasteiger partial charge on any atom is 0.319 e. The average Bonchev–Trinajstić information content (AvgIpc) is 2.54.